The number of halogens is 2. The maximum absolute atomic E-state index is 5.87. The summed E-state index contributed by atoms with van der Waals surface area (Å²) in [4.78, 5) is 4.05. The van der Waals surface area contributed by atoms with Crippen LogP contribution in [0.15, 0.2) is 12.1 Å². The molecule has 0 amide bonds. The second-order valence-electron chi connectivity index (χ2n) is 2.62. The zero-order chi connectivity index (χ0) is 9.68. The second-order valence-corrected chi connectivity index (χ2v) is 3.41. The Morgan fingerprint density at radius 2 is 2.15 bits per heavy atom. The highest BCUT2D eigenvalue weighted by atomic mass is 35.5. The number of rotatable bonds is 4. The highest BCUT2D eigenvalue weighted by Gasteiger charge is 2.02. The fourth-order valence-corrected chi connectivity index (χ4v) is 1.20. The van der Waals surface area contributed by atoms with Crippen LogP contribution in [-0.4, -0.2) is 11.6 Å². The van der Waals surface area contributed by atoms with Crippen LogP contribution in [0.2, 0.25) is 10.2 Å². The molecule has 0 aliphatic rings. The number of ether oxygens (including phenoxy) is 1. The minimum atomic E-state index is 0.424. The van der Waals surface area contributed by atoms with Gasteiger partial charge in [-0.25, -0.2) is 4.98 Å². The molecule has 1 aromatic rings. The van der Waals surface area contributed by atoms with E-state index < -0.39 is 0 Å². The average Bonchev–Trinajstić information content (AvgIpc) is 2.11. The van der Waals surface area contributed by atoms with Crippen molar-refractivity contribution in [1.29, 1.82) is 0 Å². The van der Waals surface area contributed by atoms with Crippen LogP contribution in [-0.2, 0) is 11.3 Å². The third-order valence-corrected chi connectivity index (χ3v) is 2.03. The molecule has 0 aliphatic carbocycles. The first-order valence-electron chi connectivity index (χ1n) is 4.12. The Labute approximate surface area is 87.8 Å². The van der Waals surface area contributed by atoms with Crippen LogP contribution < -0.4 is 0 Å². The number of pyridine rings is 1. The summed E-state index contributed by atoms with van der Waals surface area (Å²) in [5.74, 6) is 0. The van der Waals surface area contributed by atoms with Crippen LogP contribution in [0.4, 0.5) is 0 Å². The summed E-state index contributed by atoms with van der Waals surface area (Å²) in [6.45, 7) is 3.19. The van der Waals surface area contributed by atoms with E-state index in [0.29, 0.717) is 29.1 Å². The van der Waals surface area contributed by atoms with Crippen LogP contribution in [0, 0.1) is 0 Å². The molecule has 0 fully saturated rings. The minimum absolute atomic E-state index is 0.424. The minimum Gasteiger partial charge on any atom is -0.375 e. The van der Waals surface area contributed by atoms with Gasteiger partial charge in [-0.05, 0) is 18.6 Å². The van der Waals surface area contributed by atoms with Crippen molar-refractivity contribution < 1.29 is 4.74 Å². The van der Waals surface area contributed by atoms with Gasteiger partial charge < -0.3 is 4.74 Å². The van der Waals surface area contributed by atoms with Crippen molar-refractivity contribution in [2.45, 2.75) is 20.0 Å². The molecule has 0 unspecified atom stereocenters. The molecule has 0 bridgehead atoms. The summed E-state index contributed by atoms with van der Waals surface area (Å²) >= 11 is 11.6. The predicted molar refractivity (Wildman–Crippen MR) is 54.2 cm³/mol. The molecule has 0 saturated carbocycles. The Balaban J connectivity index is 2.59. The molecule has 1 aromatic heterocycles. The largest absolute Gasteiger partial charge is 0.375 e. The smallest absolute Gasteiger partial charge is 0.129 e. The predicted octanol–water partition coefficient (Wildman–Crippen LogP) is 3.32. The lowest BCUT2D eigenvalue weighted by molar-refractivity contribution is 0.119. The quantitative estimate of drug-likeness (QED) is 0.573. The number of hydrogen-bond donors (Lipinski definition) is 0. The van der Waals surface area contributed by atoms with E-state index in [-0.39, 0.29) is 0 Å². The average molecular weight is 220 g/mol. The molecule has 1 rings (SSSR count). The Hall–Kier alpha value is -0.310. The lowest BCUT2D eigenvalue weighted by atomic mass is 10.4. The van der Waals surface area contributed by atoms with E-state index >= 15 is 0 Å². The Morgan fingerprint density at radius 3 is 2.85 bits per heavy atom. The van der Waals surface area contributed by atoms with Crippen molar-refractivity contribution in [2.24, 2.45) is 0 Å². The van der Waals surface area contributed by atoms with Crippen molar-refractivity contribution in [3.63, 3.8) is 0 Å². The molecule has 13 heavy (non-hydrogen) atoms. The van der Waals surface area contributed by atoms with E-state index in [1.54, 1.807) is 12.1 Å². The third-order valence-electron chi connectivity index (χ3n) is 1.47. The van der Waals surface area contributed by atoms with Gasteiger partial charge in [-0.1, -0.05) is 30.1 Å². The normalized spacial score (nSPS) is 10.4. The maximum atomic E-state index is 5.87. The molecule has 1 heterocycles. The maximum Gasteiger partial charge on any atom is 0.129 e. The summed E-state index contributed by atoms with van der Waals surface area (Å²) in [7, 11) is 0. The second kappa shape index (κ2) is 5.43. The number of hydrogen-bond acceptors (Lipinski definition) is 2. The van der Waals surface area contributed by atoms with Crippen molar-refractivity contribution in [2.75, 3.05) is 6.61 Å². The van der Waals surface area contributed by atoms with Crippen molar-refractivity contribution in [3.05, 3.63) is 28.0 Å². The van der Waals surface area contributed by atoms with E-state index in [9.17, 15) is 0 Å². The van der Waals surface area contributed by atoms with E-state index in [2.05, 4.69) is 4.98 Å². The number of nitrogens with zero attached hydrogens (tertiary/aromatic N) is 1. The van der Waals surface area contributed by atoms with Gasteiger partial charge in [0.2, 0.25) is 0 Å². The van der Waals surface area contributed by atoms with Crippen LogP contribution in [0.5, 0.6) is 0 Å². The van der Waals surface area contributed by atoms with E-state index in [4.69, 9.17) is 27.9 Å². The van der Waals surface area contributed by atoms with E-state index in [0.717, 1.165) is 6.42 Å². The highest BCUT2D eigenvalue weighted by Crippen LogP contribution is 2.17. The van der Waals surface area contributed by atoms with E-state index in [1.807, 2.05) is 6.92 Å². The fraction of sp³-hybridized carbons (Fsp3) is 0.444. The van der Waals surface area contributed by atoms with Crippen LogP contribution in [0.25, 0.3) is 0 Å². The van der Waals surface area contributed by atoms with Crippen molar-refractivity contribution in [1.82, 2.24) is 4.98 Å². The molecule has 0 spiro atoms. The van der Waals surface area contributed by atoms with Gasteiger partial charge in [-0.15, -0.1) is 0 Å². The molecule has 0 saturated heterocycles. The fourth-order valence-electron chi connectivity index (χ4n) is 0.872. The summed E-state index contributed by atoms with van der Waals surface area (Å²) in [5.41, 5.74) is 0.697. The van der Waals surface area contributed by atoms with Gasteiger partial charge in [0, 0.05) is 6.61 Å². The summed E-state index contributed by atoms with van der Waals surface area (Å²) in [5, 5.41) is 1.04. The van der Waals surface area contributed by atoms with Gasteiger partial charge in [-0.3, -0.25) is 0 Å². The highest BCUT2D eigenvalue weighted by molar-refractivity contribution is 6.32. The van der Waals surface area contributed by atoms with Crippen molar-refractivity contribution >= 4 is 23.2 Å². The van der Waals surface area contributed by atoms with Gasteiger partial charge in [0.05, 0.1) is 17.3 Å². The molecule has 0 atom stereocenters. The molecule has 0 N–H and O–H groups in total. The van der Waals surface area contributed by atoms with Gasteiger partial charge in [0.1, 0.15) is 5.15 Å². The Morgan fingerprint density at radius 1 is 1.38 bits per heavy atom. The molecule has 4 heteroatoms. The first-order valence-corrected chi connectivity index (χ1v) is 4.88. The Kier molecular flexibility index (Phi) is 4.50. The van der Waals surface area contributed by atoms with E-state index in [1.165, 1.54) is 0 Å². The standard InChI is InChI=1S/C9H11Cl2NO/c1-2-5-13-6-8-7(10)3-4-9(11)12-8/h3-4H,2,5-6H2,1H3. The van der Waals surface area contributed by atoms with Gasteiger partial charge in [-0.2, -0.15) is 0 Å². The van der Waals surface area contributed by atoms with Crippen LogP contribution in [0.3, 0.4) is 0 Å². The number of aromatic nitrogens is 1. The molecule has 0 radical (unpaired) electrons. The van der Waals surface area contributed by atoms with Crippen LogP contribution >= 0.6 is 23.2 Å². The molecule has 0 aromatic carbocycles. The molecule has 0 aliphatic heterocycles. The summed E-state index contributed by atoms with van der Waals surface area (Å²) < 4.78 is 5.30. The first-order chi connectivity index (χ1) is 6.24. The molecular formula is C9H11Cl2NO. The lowest BCUT2D eigenvalue weighted by Crippen LogP contribution is -1.97. The van der Waals surface area contributed by atoms with Crippen molar-refractivity contribution in [3.8, 4) is 0 Å². The molecular weight excluding hydrogens is 209 g/mol. The third kappa shape index (κ3) is 3.51. The van der Waals surface area contributed by atoms with Crippen LogP contribution in [0.1, 0.15) is 19.0 Å². The monoisotopic (exact) mass is 219 g/mol. The Bertz CT molecular complexity index is 278. The van der Waals surface area contributed by atoms with Gasteiger partial charge in [0.25, 0.3) is 0 Å². The zero-order valence-corrected chi connectivity index (χ0v) is 8.90. The summed E-state index contributed by atoms with van der Waals surface area (Å²) in [6.07, 6.45) is 0.984. The molecule has 2 nitrogen and oxygen atoms in total. The first kappa shape index (κ1) is 10.8. The van der Waals surface area contributed by atoms with Gasteiger partial charge in [0.15, 0.2) is 0 Å². The SMILES string of the molecule is CCCOCc1nc(Cl)ccc1Cl. The summed E-state index contributed by atoms with van der Waals surface area (Å²) in [6, 6.07) is 3.38. The molecule has 72 valence electrons. The van der Waals surface area contributed by atoms with Gasteiger partial charge >= 0.3 is 0 Å². The lowest BCUT2D eigenvalue weighted by Gasteiger charge is -2.04. The zero-order valence-electron chi connectivity index (χ0n) is 7.39. The topological polar surface area (TPSA) is 22.1 Å².